The maximum atomic E-state index is 12.9. The molecule has 0 radical (unpaired) electrons. The summed E-state index contributed by atoms with van der Waals surface area (Å²) in [7, 11) is 0. The van der Waals surface area contributed by atoms with Crippen LogP contribution in [0.15, 0.2) is 30.3 Å². The smallest absolute Gasteiger partial charge is 0.312 e. The van der Waals surface area contributed by atoms with E-state index in [4.69, 9.17) is 4.74 Å². The van der Waals surface area contributed by atoms with Gasteiger partial charge in [0.15, 0.2) is 5.60 Å². The number of carbonyl (C=O) groups excluding carboxylic acids is 2. The number of hydrogen-bond donors (Lipinski definition) is 0. The Bertz CT molecular complexity index is 505. The molecule has 0 amide bonds. The molecular formula is C18H24O3. The number of rotatable bonds is 3. The van der Waals surface area contributed by atoms with Gasteiger partial charge in [0.25, 0.3) is 0 Å². The molecule has 0 unspecified atom stereocenters. The van der Waals surface area contributed by atoms with Gasteiger partial charge in [0.1, 0.15) is 0 Å². The van der Waals surface area contributed by atoms with E-state index in [-0.39, 0.29) is 11.8 Å². The molecule has 1 saturated carbocycles. The Kier molecular flexibility index (Phi) is 4.50. The minimum absolute atomic E-state index is 0.0552. The number of ether oxygens (including phenoxy) is 1. The molecule has 1 fully saturated rings. The third-order valence-corrected chi connectivity index (χ3v) is 4.01. The van der Waals surface area contributed by atoms with Crippen LogP contribution < -0.4 is 0 Å². The minimum Gasteiger partial charge on any atom is -0.450 e. The van der Waals surface area contributed by atoms with Gasteiger partial charge in [0.2, 0.25) is 5.78 Å². The van der Waals surface area contributed by atoms with Crippen LogP contribution in [-0.2, 0) is 9.53 Å². The number of carbonyl (C=O) groups is 2. The average molecular weight is 288 g/mol. The highest BCUT2D eigenvalue weighted by Gasteiger charge is 2.45. The maximum Gasteiger partial charge on any atom is 0.312 e. The van der Waals surface area contributed by atoms with E-state index >= 15 is 0 Å². The van der Waals surface area contributed by atoms with Crippen molar-refractivity contribution in [1.29, 1.82) is 0 Å². The molecule has 3 heteroatoms. The lowest BCUT2D eigenvalue weighted by Gasteiger charge is -2.37. The van der Waals surface area contributed by atoms with E-state index in [9.17, 15) is 9.59 Å². The fraction of sp³-hybridized carbons (Fsp3) is 0.556. The third kappa shape index (κ3) is 3.52. The highest BCUT2D eigenvalue weighted by atomic mass is 16.6. The lowest BCUT2D eigenvalue weighted by Crippen LogP contribution is -2.47. The lowest BCUT2D eigenvalue weighted by atomic mass is 9.79. The highest BCUT2D eigenvalue weighted by molar-refractivity contribution is 6.03. The van der Waals surface area contributed by atoms with E-state index in [2.05, 4.69) is 0 Å². The zero-order valence-electron chi connectivity index (χ0n) is 13.1. The first-order valence-electron chi connectivity index (χ1n) is 7.68. The molecule has 0 N–H and O–H groups in total. The van der Waals surface area contributed by atoms with Crippen molar-refractivity contribution in [3.8, 4) is 0 Å². The molecular weight excluding hydrogens is 264 g/mol. The van der Waals surface area contributed by atoms with Crippen LogP contribution in [0.1, 0.15) is 63.2 Å². The maximum absolute atomic E-state index is 12.9. The molecule has 0 bridgehead atoms. The van der Waals surface area contributed by atoms with Crippen molar-refractivity contribution in [1.82, 2.24) is 0 Å². The largest absolute Gasteiger partial charge is 0.450 e. The van der Waals surface area contributed by atoms with Crippen LogP contribution in [0.4, 0.5) is 0 Å². The Morgan fingerprint density at radius 3 is 2.10 bits per heavy atom. The van der Waals surface area contributed by atoms with E-state index in [1.54, 1.807) is 12.1 Å². The second-order valence-electron chi connectivity index (χ2n) is 6.89. The Labute approximate surface area is 126 Å². The summed E-state index contributed by atoms with van der Waals surface area (Å²) in [5, 5.41) is 0. The summed E-state index contributed by atoms with van der Waals surface area (Å²) in [6.45, 7) is 5.45. The topological polar surface area (TPSA) is 43.4 Å². The van der Waals surface area contributed by atoms with Gasteiger partial charge in [-0.25, -0.2) is 0 Å². The monoisotopic (exact) mass is 288 g/mol. The summed E-state index contributed by atoms with van der Waals surface area (Å²) in [5.74, 6) is -0.353. The third-order valence-electron chi connectivity index (χ3n) is 4.01. The quantitative estimate of drug-likeness (QED) is 0.619. The van der Waals surface area contributed by atoms with Crippen LogP contribution in [0.2, 0.25) is 0 Å². The molecule has 114 valence electrons. The zero-order chi connectivity index (χ0) is 15.5. The second-order valence-corrected chi connectivity index (χ2v) is 6.89. The highest BCUT2D eigenvalue weighted by Crippen LogP contribution is 2.36. The summed E-state index contributed by atoms with van der Waals surface area (Å²) in [6.07, 6.45) is 4.20. The lowest BCUT2D eigenvalue weighted by molar-refractivity contribution is -0.167. The molecule has 21 heavy (non-hydrogen) atoms. The summed E-state index contributed by atoms with van der Waals surface area (Å²) in [4.78, 5) is 25.2. The van der Waals surface area contributed by atoms with Gasteiger partial charge in [-0.1, -0.05) is 36.8 Å². The van der Waals surface area contributed by atoms with Gasteiger partial charge >= 0.3 is 5.97 Å². The number of ketones is 1. The van der Waals surface area contributed by atoms with Gasteiger partial charge in [-0.05, 0) is 46.5 Å². The SMILES string of the molecule is CC(C)(C)C(=O)OC1(C(=O)c2ccccc2)CCCCC1. The van der Waals surface area contributed by atoms with Gasteiger partial charge < -0.3 is 4.74 Å². The van der Waals surface area contributed by atoms with Crippen LogP contribution in [0, 0.1) is 5.41 Å². The molecule has 3 nitrogen and oxygen atoms in total. The van der Waals surface area contributed by atoms with E-state index in [1.807, 2.05) is 39.0 Å². The zero-order valence-corrected chi connectivity index (χ0v) is 13.1. The number of hydrogen-bond acceptors (Lipinski definition) is 3. The molecule has 0 saturated heterocycles. The number of Topliss-reactive ketones (excluding diaryl/α,β-unsaturated/α-hetero) is 1. The number of benzene rings is 1. The van der Waals surface area contributed by atoms with E-state index in [0.29, 0.717) is 18.4 Å². The predicted molar refractivity (Wildman–Crippen MR) is 82.1 cm³/mol. The van der Waals surface area contributed by atoms with Crippen LogP contribution >= 0.6 is 0 Å². The summed E-state index contributed by atoms with van der Waals surface area (Å²) in [6, 6.07) is 9.16. The van der Waals surface area contributed by atoms with Gasteiger partial charge in [-0.3, -0.25) is 9.59 Å². The summed E-state index contributed by atoms with van der Waals surface area (Å²) >= 11 is 0. The summed E-state index contributed by atoms with van der Waals surface area (Å²) < 4.78 is 5.77. The second kappa shape index (κ2) is 6.00. The Hall–Kier alpha value is -1.64. The molecule has 1 aromatic rings. The van der Waals surface area contributed by atoms with Crippen LogP contribution in [0.5, 0.6) is 0 Å². The van der Waals surface area contributed by atoms with Gasteiger partial charge in [0, 0.05) is 5.56 Å². The average Bonchev–Trinajstić information content (AvgIpc) is 2.47. The normalized spacial score (nSPS) is 18.0. The first-order valence-corrected chi connectivity index (χ1v) is 7.68. The van der Waals surface area contributed by atoms with Gasteiger partial charge in [-0.2, -0.15) is 0 Å². The molecule has 0 aromatic heterocycles. The predicted octanol–water partition coefficient (Wildman–Crippen LogP) is 4.16. The Morgan fingerprint density at radius 1 is 1.00 bits per heavy atom. The fourth-order valence-electron chi connectivity index (χ4n) is 2.68. The van der Waals surface area contributed by atoms with Crippen molar-refractivity contribution < 1.29 is 14.3 Å². The minimum atomic E-state index is -0.968. The molecule has 2 rings (SSSR count). The first kappa shape index (κ1) is 15.7. The van der Waals surface area contributed by atoms with Crippen molar-refractivity contribution in [2.45, 2.75) is 58.5 Å². The van der Waals surface area contributed by atoms with Crippen molar-refractivity contribution in [2.24, 2.45) is 5.41 Å². The molecule has 0 spiro atoms. The standard InChI is InChI=1S/C18H24O3/c1-17(2,3)16(20)21-18(12-8-5-9-13-18)15(19)14-10-6-4-7-11-14/h4,6-7,10-11H,5,8-9,12-13H2,1-3H3. The molecule has 0 atom stereocenters. The molecule has 0 aliphatic heterocycles. The van der Waals surface area contributed by atoms with Crippen molar-refractivity contribution >= 4 is 11.8 Å². The van der Waals surface area contributed by atoms with Crippen molar-refractivity contribution in [3.05, 3.63) is 35.9 Å². The molecule has 1 aromatic carbocycles. The molecule has 0 heterocycles. The van der Waals surface area contributed by atoms with Gasteiger partial charge in [0.05, 0.1) is 5.41 Å². The summed E-state index contributed by atoms with van der Waals surface area (Å²) in [5.41, 5.74) is -0.938. The van der Waals surface area contributed by atoms with Crippen LogP contribution in [0.3, 0.4) is 0 Å². The van der Waals surface area contributed by atoms with Crippen LogP contribution in [0.25, 0.3) is 0 Å². The van der Waals surface area contributed by atoms with Crippen molar-refractivity contribution in [2.75, 3.05) is 0 Å². The van der Waals surface area contributed by atoms with Crippen molar-refractivity contribution in [3.63, 3.8) is 0 Å². The van der Waals surface area contributed by atoms with E-state index in [1.165, 1.54) is 0 Å². The fourth-order valence-corrected chi connectivity index (χ4v) is 2.68. The Balaban J connectivity index is 2.29. The molecule has 1 aliphatic carbocycles. The van der Waals surface area contributed by atoms with E-state index < -0.39 is 11.0 Å². The number of esters is 1. The molecule has 1 aliphatic rings. The van der Waals surface area contributed by atoms with Crippen LogP contribution in [-0.4, -0.2) is 17.4 Å². The first-order chi connectivity index (χ1) is 9.85. The van der Waals surface area contributed by atoms with Gasteiger partial charge in [-0.15, -0.1) is 0 Å². The Morgan fingerprint density at radius 2 is 1.57 bits per heavy atom. The van der Waals surface area contributed by atoms with E-state index in [0.717, 1.165) is 19.3 Å².